The van der Waals surface area contributed by atoms with E-state index in [-0.39, 0.29) is 37.7 Å². The molecule has 0 bridgehead atoms. The summed E-state index contributed by atoms with van der Waals surface area (Å²) in [6.07, 6.45) is 1.92. The molecule has 8 heteroatoms. The van der Waals surface area contributed by atoms with Crippen molar-refractivity contribution in [3.63, 3.8) is 0 Å². The second-order valence-electron chi connectivity index (χ2n) is 6.07. The van der Waals surface area contributed by atoms with Crippen molar-refractivity contribution in [3.8, 4) is 11.3 Å². The number of carbonyl (C=O) groups excluding carboxylic acids is 2. The lowest BCUT2D eigenvalue weighted by Crippen LogP contribution is -2.46. The van der Waals surface area contributed by atoms with Gasteiger partial charge in [-0.05, 0) is 6.92 Å². The van der Waals surface area contributed by atoms with E-state index < -0.39 is 12.0 Å². The van der Waals surface area contributed by atoms with Crippen LogP contribution >= 0.6 is 0 Å². The van der Waals surface area contributed by atoms with Crippen molar-refractivity contribution >= 4 is 17.8 Å². The maximum atomic E-state index is 12.5. The maximum absolute atomic E-state index is 12.5. The van der Waals surface area contributed by atoms with Crippen LogP contribution in [-0.4, -0.2) is 51.9 Å². The van der Waals surface area contributed by atoms with E-state index in [0.717, 1.165) is 5.56 Å². The summed E-state index contributed by atoms with van der Waals surface area (Å²) in [5, 5.41) is 11.8. The number of carboxylic acid groups (broad SMARTS) is 1. The number of rotatable bonds is 9. The number of oxazole rings is 1. The zero-order valence-electron chi connectivity index (χ0n) is 15.3. The van der Waals surface area contributed by atoms with Crippen LogP contribution in [0.3, 0.4) is 0 Å². The van der Waals surface area contributed by atoms with Gasteiger partial charge in [0.15, 0.2) is 11.7 Å². The second kappa shape index (κ2) is 9.51. The number of nitrogens with zero attached hydrogens (tertiary/aromatic N) is 2. The first-order chi connectivity index (χ1) is 12.9. The number of hydrogen-bond donors (Lipinski definition) is 2. The third kappa shape index (κ3) is 5.95. The van der Waals surface area contributed by atoms with E-state index in [1.807, 2.05) is 30.3 Å². The first-order valence-corrected chi connectivity index (χ1v) is 8.65. The van der Waals surface area contributed by atoms with Crippen LogP contribution in [0.5, 0.6) is 0 Å². The third-order valence-corrected chi connectivity index (χ3v) is 4.04. The van der Waals surface area contributed by atoms with Gasteiger partial charge < -0.3 is 19.7 Å². The summed E-state index contributed by atoms with van der Waals surface area (Å²) < 4.78 is 5.67. The predicted octanol–water partition coefficient (Wildman–Crippen LogP) is 1.71. The van der Waals surface area contributed by atoms with Crippen LogP contribution in [-0.2, 0) is 20.8 Å². The molecule has 27 heavy (non-hydrogen) atoms. The fourth-order valence-electron chi connectivity index (χ4n) is 2.54. The van der Waals surface area contributed by atoms with Crippen LogP contribution in [0.1, 0.15) is 26.2 Å². The van der Waals surface area contributed by atoms with Crippen molar-refractivity contribution < 1.29 is 23.9 Å². The van der Waals surface area contributed by atoms with E-state index in [2.05, 4.69) is 10.3 Å². The highest BCUT2D eigenvalue weighted by atomic mass is 16.4. The lowest BCUT2D eigenvalue weighted by Gasteiger charge is -2.26. The first-order valence-electron chi connectivity index (χ1n) is 8.65. The number of aromatic nitrogens is 1. The highest BCUT2D eigenvalue weighted by molar-refractivity contribution is 5.83. The predicted molar refractivity (Wildman–Crippen MR) is 97.8 cm³/mol. The third-order valence-electron chi connectivity index (χ3n) is 4.04. The molecular weight excluding hydrogens is 350 g/mol. The highest BCUT2D eigenvalue weighted by Crippen LogP contribution is 2.20. The second-order valence-corrected chi connectivity index (χ2v) is 6.07. The number of aryl methyl sites for hydroxylation is 1. The SMILES string of the molecule is CC(=O)NCCN(C(=O)CCc1ncc(-c2ccccc2)o1)C(C)C(=O)O. The Bertz CT molecular complexity index is 788. The average molecular weight is 373 g/mol. The Morgan fingerprint density at radius 1 is 1.26 bits per heavy atom. The lowest BCUT2D eigenvalue weighted by molar-refractivity contribution is -0.149. The summed E-state index contributed by atoms with van der Waals surface area (Å²) in [6, 6.07) is 8.48. The molecule has 1 aromatic heterocycles. The Kier molecular flexibility index (Phi) is 7.10. The smallest absolute Gasteiger partial charge is 0.326 e. The quantitative estimate of drug-likeness (QED) is 0.692. The van der Waals surface area contributed by atoms with Gasteiger partial charge in [0.25, 0.3) is 0 Å². The molecule has 0 saturated carbocycles. The molecule has 0 aliphatic heterocycles. The van der Waals surface area contributed by atoms with Crippen LogP contribution in [0.25, 0.3) is 11.3 Å². The van der Waals surface area contributed by atoms with Gasteiger partial charge in [0.05, 0.1) is 6.20 Å². The zero-order chi connectivity index (χ0) is 19.8. The zero-order valence-corrected chi connectivity index (χ0v) is 15.3. The minimum atomic E-state index is -1.10. The van der Waals surface area contributed by atoms with Gasteiger partial charge >= 0.3 is 5.97 Å². The van der Waals surface area contributed by atoms with E-state index in [1.165, 1.54) is 18.7 Å². The molecule has 144 valence electrons. The summed E-state index contributed by atoms with van der Waals surface area (Å²) in [6.45, 7) is 3.11. The molecule has 0 spiro atoms. The Balaban J connectivity index is 1.97. The van der Waals surface area contributed by atoms with Crippen LogP contribution in [0.4, 0.5) is 0 Å². The Labute approximate surface area is 157 Å². The van der Waals surface area contributed by atoms with Gasteiger partial charge in [-0.15, -0.1) is 0 Å². The van der Waals surface area contributed by atoms with E-state index in [9.17, 15) is 19.5 Å². The van der Waals surface area contributed by atoms with Crippen molar-refractivity contribution in [2.75, 3.05) is 13.1 Å². The lowest BCUT2D eigenvalue weighted by atomic mass is 10.2. The van der Waals surface area contributed by atoms with Crippen LogP contribution in [0.2, 0.25) is 0 Å². The first kappa shape index (κ1) is 20.2. The van der Waals surface area contributed by atoms with Crippen molar-refractivity contribution in [1.29, 1.82) is 0 Å². The fraction of sp³-hybridized carbons (Fsp3) is 0.368. The van der Waals surface area contributed by atoms with Crippen molar-refractivity contribution in [2.24, 2.45) is 0 Å². The summed E-state index contributed by atoms with van der Waals surface area (Å²) in [7, 11) is 0. The number of aliphatic carboxylic acids is 1. The molecule has 2 amide bonds. The molecule has 0 radical (unpaired) electrons. The highest BCUT2D eigenvalue weighted by Gasteiger charge is 2.25. The normalized spacial score (nSPS) is 11.6. The standard InChI is InChI=1S/C19H23N3O5/c1-13(19(25)26)22(11-10-20-14(2)23)18(24)9-8-17-21-12-16(27-17)15-6-4-3-5-7-15/h3-7,12-13H,8-11H2,1-2H3,(H,20,23)(H,25,26). The number of carboxylic acids is 1. The van der Waals surface area contributed by atoms with Gasteiger partial charge in [0.2, 0.25) is 11.8 Å². The Morgan fingerprint density at radius 2 is 1.96 bits per heavy atom. The van der Waals surface area contributed by atoms with E-state index in [4.69, 9.17) is 4.42 Å². The van der Waals surface area contributed by atoms with Gasteiger partial charge in [0.1, 0.15) is 6.04 Å². The molecule has 2 rings (SSSR count). The minimum Gasteiger partial charge on any atom is -0.480 e. The number of carbonyl (C=O) groups is 3. The van der Waals surface area contributed by atoms with E-state index in [1.54, 1.807) is 6.20 Å². The summed E-state index contributed by atoms with van der Waals surface area (Å²) in [4.78, 5) is 40.2. The molecule has 0 aliphatic carbocycles. The molecule has 0 saturated heterocycles. The summed E-state index contributed by atoms with van der Waals surface area (Å²) in [5.74, 6) is -0.659. The van der Waals surface area contributed by atoms with Crippen LogP contribution in [0.15, 0.2) is 40.9 Å². The average Bonchev–Trinajstić information content (AvgIpc) is 3.12. The molecule has 1 unspecified atom stereocenters. The molecule has 1 atom stereocenters. The van der Waals surface area contributed by atoms with Crippen molar-refractivity contribution in [2.45, 2.75) is 32.7 Å². The fourth-order valence-corrected chi connectivity index (χ4v) is 2.54. The summed E-state index contributed by atoms with van der Waals surface area (Å²) >= 11 is 0. The Morgan fingerprint density at radius 3 is 2.59 bits per heavy atom. The molecule has 0 aliphatic rings. The van der Waals surface area contributed by atoms with Gasteiger partial charge in [-0.2, -0.15) is 0 Å². The van der Waals surface area contributed by atoms with Crippen molar-refractivity contribution in [3.05, 3.63) is 42.4 Å². The van der Waals surface area contributed by atoms with Gasteiger partial charge in [-0.25, -0.2) is 9.78 Å². The van der Waals surface area contributed by atoms with E-state index >= 15 is 0 Å². The molecule has 2 aromatic rings. The van der Waals surface area contributed by atoms with Gasteiger partial charge in [-0.1, -0.05) is 30.3 Å². The minimum absolute atomic E-state index is 0.0619. The number of nitrogens with one attached hydrogen (secondary N) is 1. The largest absolute Gasteiger partial charge is 0.480 e. The van der Waals surface area contributed by atoms with E-state index in [0.29, 0.717) is 11.7 Å². The molecule has 8 nitrogen and oxygen atoms in total. The Hall–Kier alpha value is -3.16. The molecule has 0 fully saturated rings. The van der Waals surface area contributed by atoms with Crippen LogP contribution < -0.4 is 5.32 Å². The van der Waals surface area contributed by atoms with Gasteiger partial charge in [0, 0.05) is 38.4 Å². The number of hydrogen-bond acceptors (Lipinski definition) is 5. The monoisotopic (exact) mass is 373 g/mol. The maximum Gasteiger partial charge on any atom is 0.326 e. The number of benzene rings is 1. The molecule has 1 aromatic carbocycles. The van der Waals surface area contributed by atoms with Gasteiger partial charge in [-0.3, -0.25) is 9.59 Å². The number of amides is 2. The van der Waals surface area contributed by atoms with Crippen LogP contribution in [0, 0.1) is 0 Å². The topological polar surface area (TPSA) is 113 Å². The van der Waals surface area contributed by atoms with Crippen molar-refractivity contribution in [1.82, 2.24) is 15.2 Å². The molecule has 1 heterocycles. The molecule has 2 N–H and O–H groups in total. The molecular formula is C19H23N3O5. The summed E-state index contributed by atoms with van der Waals surface area (Å²) in [5.41, 5.74) is 0.888.